The van der Waals surface area contributed by atoms with E-state index in [0.29, 0.717) is 11.5 Å². The van der Waals surface area contributed by atoms with Gasteiger partial charge in [-0.2, -0.15) is 0 Å². The van der Waals surface area contributed by atoms with Gasteiger partial charge >= 0.3 is 0 Å². The van der Waals surface area contributed by atoms with Gasteiger partial charge in [-0.1, -0.05) is 6.92 Å². The third-order valence-corrected chi connectivity index (χ3v) is 2.06. The molecule has 0 saturated heterocycles. The molecule has 78 valence electrons. The average Bonchev–Trinajstić information content (AvgIpc) is 2.66. The Labute approximate surface area is 88.0 Å². The van der Waals surface area contributed by atoms with Gasteiger partial charge in [-0.25, -0.2) is 9.97 Å². The third kappa shape index (κ3) is 1.96. The van der Waals surface area contributed by atoms with Crippen LogP contribution in [-0.2, 0) is 6.54 Å². The molecule has 2 aromatic rings. The first kappa shape index (κ1) is 9.64. The van der Waals surface area contributed by atoms with Crippen LogP contribution in [0.2, 0.25) is 0 Å². The molecule has 0 amide bonds. The molecule has 0 aromatic carbocycles. The SMILES string of the molecule is CCCn1ccnc1-c1cncc(N)n1. The number of aryl methyl sites for hydroxylation is 1. The van der Waals surface area contributed by atoms with E-state index in [-0.39, 0.29) is 0 Å². The summed E-state index contributed by atoms with van der Waals surface area (Å²) in [6, 6.07) is 0. The van der Waals surface area contributed by atoms with Gasteiger partial charge in [-0.15, -0.1) is 0 Å². The fraction of sp³-hybridized carbons (Fsp3) is 0.300. The maximum absolute atomic E-state index is 5.58. The molecular formula is C10H13N5. The summed E-state index contributed by atoms with van der Waals surface area (Å²) in [4.78, 5) is 12.4. The van der Waals surface area contributed by atoms with E-state index in [1.807, 2.05) is 10.8 Å². The zero-order valence-corrected chi connectivity index (χ0v) is 8.59. The van der Waals surface area contributed by atoms with E-state index in [9.17, 15) is 0 Å². The Morgan fingerprint density at radius 1 is 1.40 bits per heavy atom. The molecule has 0 aliphatic heterocycles. The first-order chi connectivity index (χ1) is 7.31. The summed E-state index contributed by atoms with van der Waals surface area (Å²) in [7, 11) is 0. The van der Waals surface area contributed by atoms with Crippen LogP contribution in [0.4, 0.5) is 5.82 Å². The predicted molar refractivity (Wildman–Crippen MR) is 58.0 cm³/mol. The largest absolute Gasteiger partial charge is 0.382 e. The Morgan fingerprint density at radius 2 is 2.27 bits per heavy atom. The molecule has 2 heterocycles. The van der Waals surface area contributed by atoms with Crippen LogP contribution in [0.3, 0.4) is 0 Å². The van der Waals surface area contributed by atoms with Gasteiger partial charge in [-0.3, -0.25) is 4.98 Å². The molecule has 0 fully saturated rings. The van der Waals surface area contributed by atoms with Crippen molar-refractivity contribution in [2.24, 2.45) is 0 Å². The van der Waals surface area contributed by atoms with E-state index in [4.69, 9.17) is 5.73 Å². The lowest BCUT2D eigenvalue weighted by Gasteiger charge is -2.05. The minimum absolute atomic E-state index is 0.415. The highest BCUT2D eigenvalue weighted by molar-refractivity contribution is 5.50. The number of nitrogens with zero attached hydrogens (tertiary/aromatic N) is 4. The summed E-state index contributed by atoms with van der Waals surface area (Å²) >= 11 is 0. The van der Waals surface area contributed by atoms with E-state index in [2.05, 4.69) is 21.9 Å². The average molecular weight is 203 g/mol. The Kier molecular flexibility index (Phi) is 2.62. The minimum atomic E-state index is 0.415. The van der Waals surface area contributed by atoms with Gasteiger partial charge in [0, 0.05) is 18.9 Å². The van der Waals surface area contributed by atoms with Gasteiger partial charge < -0.3 is 10.3 Å². The second kappa shape index (κ2) is 4.08. The van der Waals surface area contributed by atoms with Crippen molar-refractivity contribution in [1.82, 2.24) is 19.5 Å². The van der Waals surface area contributed by atoms with Crippen LogP contribution in [-0.4, -0.2) is 19.5 Å². The predicted octanol–water partition coefficient (Wildman–Crippen LogP) is 1.33. The lowest BCUT2D eigenvalue weighted by molar-refractivity contribution is 0.684. The van der Waals surface area contributed by atoms with E-state index in [1.165, 1.54) is 6.20 Å². The molecule has 0 radical (unpaired) electrons. The van der Waals surface area contributed by atoms with Gasteiger partial charge in [0.1, 0.15) is 11.5 Å². The molecular weight excluding hydrogens is 190 g/mol. The first-order valence-electron chi connectivity index (χ1n) is 4.90. The van der Waals surface area contributed by atoms with Crippen molar-refractivity contribution in [3.63, 3.8) is 0 Å². The third-order valence-electron chi connectivity index (χ3n) is 2.06. The number of nitrogens with two attached hydrogens (primary N) is 1. The number of hydrogen-bond acceptors (Lipinski definition) is 4. The van der Waals surface area contributed by atoms with Crippen LogP contribution < -0.4 is 5.73 Å². The number of rotatable bonds is 3. The van der Waals surface area contributed by atoms with Gasteiger partial charge in [0.15, 0.2) is 5.82 Å². The molecule has 5 heteroatoms. The topological polar surface area (TPSA) is 69.6 Å². The van der Waals surface area contributed by atoms with Crippen molar-refractivity contribution in [1.29, 1.82) is 0 Å². The Hall–Kier alpha value is -1.91. The standard InChI is InChI=1S/C10H13N5/c1-2-4-15-5-3-13-10(15)8-6-12-7-9(11)14-8/h3,5-7H,2,4H2,1H3,(H2,11,14). The number of hydrogen-bond donors (Lipinski definition) is 1. The molecule has 0 bridgehead atoms. The smallest absolute Gasteiger partial charge is 0.160 e. The zero-order chi connectivity index (χ0) is 10.7. The number of aromatic nitrogens is 4. The van der Waals surface area contributed by atoms with E-state index >= 15 is 0 Å². The second-order valence-electron chi connectivity index (χ2n) is 3.27. The van der Waals surface area contributed by atoms with E-state index in [1.54, 1.807) is 12.4 Å². The van der Waals surface area contributed by atoms with Crippen LogP contribution in [0.25, 0.3) is 11.5 Å². The lowest BCUT2D eigenvalue weighted by Crippen LogP contribution is -2.01. The molecule has 0 unspecified atom stereocenters. The lowest BCUT2D eigenvalue weighted by atomic mass is 10.4. The van der Waals surface area contributed by atoms with Crippen LogP contribution in [0.15, 0.2) is 24.8 Å². The summed E-state index contributed by atoms with van der Waals surface area (Å²) in [5, 5.41) is 0. The van der Waals surface area contributed by atoms with Crippen molar-refractivity contribution in [3.05, 3.63) is 24.8 Å². The van der Waals surface area contributed by atoms with Crippen LogP contribution in [0, 0.1) is 0 Å². The van der Waals surface area contributed by atoms with Gasteiger partial charge in [0.05, 0.1) is 12.4 Å². The Bertz CT molecular complexity index is 449. The van der Waals surface area contributed by atoms with Gasteiger partial charge in [0.25, 0.3) is 0 Å². The number of nitrogen functional groups attached to an aromatic ring is 1. The molecule has 0 aliphatic rings. The number of imidazole rings is 1. The maximum atomic E-state index is 5.58. The van der Waals surface area contributed by atoms with Crippen LogP contribution in [0.1, 0.15) is 13.3 Å². The number of anilines is 1. The molecule has 2 rings (SSSR count). The van der Waals surface area contributed by atoms with Gasteiger partial charge in [0.2, 0.25) is 0 Å². The van der Waals surface area contributed by atoms with Crippen molar-refractivity contribution < 1.29 is 0 Å². The van der Waals surface area contributed by atoms with E-state index < -0.39 is 0 Å². The normalized spacial score (nSPS) is 10.5. The molecule has 5 nitrogen and oxygen atoms in total. The molecule has 15 heavy (non-hydrogen) atoms. The summed E-state index contributed by atoms with van der Waals surface area (Å²) in [5.41, 5.74) is 6.29. The Balaban J connectivity index is 2.40. The fourth-order valence-corrected chi connectivity index (χ4v) is 1.45. The zero-order valence-electron chi connectivity index (χ0n) is 8.59. The quantitative estimate of drug-likeness (QED) is 0.817. The van der Waals surface area contributed by atoms with Crippen molar-refractivity contribution >= 4 is 5.82 Å². The van der Waals surface area contributed by atoms with Crippen molar-refractivity contribution in [3.8, 4) is 11.5 Å². The van der Waals surface area contributed by atoms with Crippen LogP contribution >= 0.6 is 0 Å². The minimum Gasteiger partial charge on any atom is -0.382 e. The summed E-state index contributed by atoms with van der Waals surface area (Å²) in [6.07, 6.45) is 7.94. The summed E-state index contributed by atoms with van der Waals surface area (Å²) in [5.74, 6) is 1.23. The summed E-state index contributed by atoms with van der Waals surface area (Å²) < 4.78 is 2.05. The van der Waals surface area contributed by atoms with Gasteiger partial charge in [-0.05, 0) is 6.42 Å². The maximum Gasteiger partial charge on any atom is 0.160 e. The fourth-order valence-electron chi connectivity index (χ4n) is 1.45. The molecule has 0 spiro atoms. The summed E-state index contributed by atoms with van der Waals surface area (Å²) in [6.45, 7) is 3.04. The highest BCUT2D eigenvalue weighted by Gasteiger charge is 2.06. The monoisotopic (exact) mass is 203 g/mol. The molecule has 2 aromatic heterocycles. The van der Waals surface area contributed by atoms with Crippen LogP contribution in [0.5, 0.6) is 0 Å². The molecule has 0 saturated carbocycles. The molecule has 2 N–H and O–H groups in total. The highest BCUT2D eigenvalue weighted by atomic mass is 15.1. The highest BCUT2D eigenvalue weighted by Crippen LogP contribution is 2.14. The molecule has 0 aliphatic carbocycles. The van der Waals surface area contributed by atoms with Crippen molar-refractivity contribution in [2.45, 2.75) is 19.9 Å². The molecule has 0 atom stereocenters. The van der Waals surface area contributed by atoms with Crippen molar-refractivity contribution in [2.75, 3.05) is 5.73 Å². The second-order valence-corrected chi connectivity index (χ2v) is 3.27. The first-order valence-corrected chi connectivity index (χ1v) is 4.90. The Morgan fingerprint density at radius 3 is 3.00 bits per heavy atom. The van der Waals surface area contributed by atoms with E-state index in [0.717, 1.165) is 18.8 Å².